The van der Waals surface area contributed by atoms with Crippen LogP contribution in [0.1, 0.15) is 56.1 Å². The van der Waals surface area contributed by atoms with E-state index in [0.717, 1.165) is 25.7 Å². The minimum absolute atomic E-state index is 0.0312. The van der Waals surface area contributed by atoms with Gasteiger partial charge in [0.25, 0.3) is 0 Å². The number of hydrogen-bond acceptors (Lipinski definition) is 0. The lowest BCUT2D eigenvalue weighted by molar-refractivity contribution is 0.339. The van der Waals surface area contributed by atoms with Crippen molar-refractivity contribution >= 4 is 0 Å². The van der Waals surface area contributed by atoms with E-state index in [-0.39, 0.29) is 29.9 Å². The van der Waals surface area contributed by atoms with E-state index >= 15 is 0 Å². The molecule has 1 saturated carbocycles. The molecular formula is C22H22F4. The molecule has 4 rings (SSSR count). The van der Waals surface area contributed by atoms with Crippen LogP contribution >= 0.6 is 0 Å². The lowest BCUT2D eigenvalue weighted by Crippen LogP contribution is -2.16. The average molecular weight is 362 g/mol. The summed E-state index contributed by atoms with van der Waals surface area (Å²) in [5.74, 6) is -1.65. The summed E-state index contributed by atoms with van der Waals surface area (Å²) in [7, 11) is 0. The van der Waals surface area contributed by atoms with Gasteiger partial charge in [-0.25, -0.2) is 13.2 Å². The van der Waals surface area contributed by atoms with Crippen molar-refractivity contribution in [1.82, 2.24) is 0 Å². The monoisotopic (exact) mass is 362 g/mol. The van der Waals surface area contributed by atoms with E-state index in [1.165, 1.54) is 0 Å². The predicted octanol–water partition coefficient (Wildman–Crippen LogP) is 6.95. The summed E-state index contributed by atoms with van der Waals surface area (Å²) < 4.78 is 56.6. The summed E-state index contributed by atoms with van der Waals surface area (Å²) in [5.41, 5.74) is 2.22. The molecule has 4 heteroatoms. The first-order chi connectivity index (χ1) is 12.5. The van der Waals surface area contributed by atoms with Crippen molar-refractivity contribution < 1.29 is 17.6 Å². The van der Waals surface area contributed by atoms with Gasteiger partial charge in [0.1, 0.15) is 5.82 Å². The maximum atomic E-state index is 14.8. The van der Waals surface area contributed by atoms with Crippen LogP contribution in [0, 0.1) is 23.4 Å². The van der Waals surface area contributed by atoms with Crippen LogP contribution in [0.25, 0.3) is 22.3 Å². The quantitative estimate of drug-likeness (QED) is 0.441. The maximum Gasteiger partial charge on any atom is 0.167 e. The molecule has 0 bridgehead atoms. The van der Waals surface area contributed by atoms with Gasteiger partial charge in [-0.15, -0.1) is 0 Å². The van der Waals surface area contributed by atoms with Gasteiger partial charge < -0.3 is 0 Å². The van der Waals surface area contributed by atoms with Gasteiger partial charge in [0.05, 0.1) is 6.67 Å². The lowest BCUT2D eigenvalue weighted by atomic mass is 9.74. The number of fused-ring (bicyclic) bond motifs is 4. The molecule has 2 aromatic rings. The van der Waals surface area contributed by atoms with Crippen LogP contribution in [-0.2, 0) is 6.42 Å². The van der Waals surface area contributed by atoms with Crippen LogP contribution in [0.5, 0.6) is 0 Å². The number of aryl methyl sites for hydroxylation is 1. The zero-order valence-electron chi connectivity index (χ0n) is 14.8. The molecule has 1 fully saturated rings. The predicted molar refractivity (Wildman–Crippen MR) is 95.4 cm³/mol. The summed E-state index contributed by atoms with van der Waals surface area (Å²) in [5, 5.41) is 0. The molecule has 138 valence electrons. The van der Waals surface area contributed by atoms with Crippen molar-refractivity contribution in [2.75, 3.05) is 6.67 Å². The molecule has 2 aromatic carbocycles. The molecule has 0 N–H and O–H groups in total. The second-order valence-corrected chi connectivity index (χ2v) is 7.73. The number of alkyl halides is 1. The Morgan fingerprint density at radius 1 is 0.885 bits per heavy atom. The van der Waals surface area contributed by atoms with Crippen LogP contribution < -0.4 is 0 Å². The largest absolute Gasteiger partial charge is 0.251 e. The molecule has 0 amide bonds. The fraction of sp³-hybridized carbons (Fsp3) is 0.455. The van der Waals surface area contributed by atoms with Crippen molar-refractivity contribution in [2.45, 2.75) is 51.4 Å². The maximum absolute atomic E-state index is 14.8. The third kappa shape index (κ3) is 2.65. The summed E-state index contributed by atoms with van der Waals surface area (Å²) in [6.07, 6.45) is 4.24. The summed E-state index contributed by atoms with van der Waals surface area (Å²) in [4.78, 5) is 0. The minimum Gasteiger partial charge on any atom is -0.251 e. The molecule has 0 unspecified atom stereocenters. The molecule has 2 aliphatic rings. The van der Waals surface area contributed by atoms with Crippen molar-refractivity contribution in [3.63, 3.8) is 0 Å². The average Bonchev–Trinajstić information content (AvgIpc) is 2.62. The molecule has 0 aliphatic heterocycles. The second-order valence-electron chi connectivity index (χ2n) is 7.73. The first kappa shape index (κ1) is 17.6. The fourth-order valence-electron chi connectivity index (χ4n) is 4.45. The van der Waals surface area contributed by atoms with Crippen molar-refractivity contribution in [3.8, 4) is 22.3 Å². The van der Waals surface area contributed by atoms with Crippen LogP contribution in [0.3, 0.4) is 0 Å². The van der Waals surface area contributed by atoms with Gasteiger partial charge in [-0.1, -0.05) is 31.9 Å². The molecule has 0 spiro atoms. The van der Waals surface area contributed by atoms with E-state index in [0.29, 0.717) is 28.2 Å². The van der Waals surface area contributed by atoms with Gasteiger partial charge in [-0.3, -0.25) is 4.39 Å². The molecule has 0 radical (unpaired) electrons. The molecule has 0 heterocycles. The molecule has 0 atom stereocenters. The van der Waals surface area contributed by atoms with Crippen molar-refractivity contribution in [2.24, 2.45) is 5.92 Å². The highest BCUT2D eigenvalue weighted by atomic mass is 19.2. The number of rotatable bonds is 4. The molecule has 26 heavy (non-hydrogen) atoms. The number of hydrogen-bond donors (Lipinski definition) is 0. The standard InChI is InChI=1S/C22H22F4/c1-12-4-6-13(7-5-12)16-11-17-15-9-8-14(3-2-10-23)20(24)18(15)19(17)22(26)21(16)25/h8-9,11-13H,2-7,10H2,1H3. The fourth-order valence-corrected chi connectivity index (χ4v) is 4.45. The number of halogens is 4. The molecule has 0 saturated heterocycles. The Balaban J connectivity index is 1.73. The molecule has 0 aromatic heterocycles. The van der Waals surface area contributed by atoms with Crippen LogP contribution in [-0.4, -0.2) is 6.67 Å². The van der Waals surface area contributed by atoms with Crippen LogP contribution in [0.2, 0.25) is 0 Å². The highest BCUT2D eigenvalue weighted by Gasteiger charge is 2.35. The first-order valence-corrected chi connectivity index (χ1v) is 9.42. The van der Waals surface area contributed by atoms with E-state index in [1.807, 2.05) is 0 Å². The normalized spacial score (nSPS) is 21.1. The Labute approximate surface area is 151 Å². The van der Waals surface area contributed by atoms with E-state index < -0.39 is 24.1 Å². The van der Waals surface area contributed by atoms with Crippen molar-refractivity contribution in [3.05, 3.63) is 46.8 Å². The van der Waals surface area contributed by atoms with E-state index in [2.05, 4.69) is 6.92 Å². The highest BCUT2D eigenvalue weighted by molar-refractivity contribution is 6.03. The van der Waals surface area contributed by atoms with E-state index in [4.69, 9.17) is 0 Å². The van der Waals surface area contributed by atoms with Crippen LogP contribution in [0.15, 0.2) is 18.2 Å². The Morgan fingerprint density at radius 3 is 2.27 bits per heavy atom. The van der Waals surface area contributed by atoms with Gasteiger partial charge in [0.15, 0.2) is 11.6 Å². The third-order valence-electron chi connectivity index (χ3n) is 6.03. The first-order valence-electron chi connectivity index (χ1n) is 9.42. The highest BCUT2D eigenvalue weighted by Crippen LogP contribution is 2.53. The Morgan fingerprint density at radius 2 is 1.58 bits per heavy atom. The van der Waals surface area contributed by atoms with E-state index in [1.54, 1.807) is 18.2 Å². The van der Waals surface area contributed by atoms with Gasteiger partial charge >= 0.3 is 0 Å². The van der Waals surface area contributed by atoms with Gasteiger partial charge in [-0.05, 0) is 65.8 Å². The Bertz CT molecular complexity index is 848. The molecule has 2 aliphatic carbocycles. The topological polar surface area (TPSA) is 0 Å². The Kier molecular flexibility index (Phi) is 4.54. The molecular weight excluding hydrogens is 340 g/mol. The van der Waals surface area contributed by atoms with Crippen molar-refractivity contribution in [1.29, 1.82) is 0 Å². The SMILES string of the molecule is CC1CCC(c2cc3c(c(F)c2F)-c2c-3ccc(CCCF)c2F)CC1. The van der Waals surface area contributed by atoms with Crippen LogP contribution in [0.4, 0.5) is 17.6 Å². The second kappa shape index (κ2) is 6.71. The zero-order valence-corrected chi connectivity index (χ0v) is 14.8. The number of benzene rings is 2. The van der Waals surface area contributed by atoms with E-state index in [9.17, 15) is 17.6 Å². The molecule has 0 nitrogen and oxygen atoms in total. The summed E-state index contributed by atoms with van der Waals surface area (Å²) in [6.45, 7) is 1.66. The smallest absolute Gasteiger partial charge is 0.167 e. The lowest BCUT2D eigenvalue weighted by Gasteiger charge is -2.31. The minimum atomic E-state index is -0.940. The summed E-state index contributed by atoms with van der Waals surface area (Å²) in [6, 6.07) is 5.10. The summed E-state index contributed by atoms with van der Waals surface area (Å²) >= 11 is 0. The Hall–Kier alpha value is -1.84. The van der Waals surface area contributed by atoms with Gasteiger partial charge in [0, 0.05) is 11.1 Å². The zero-order chi connectivity index (χ0) is 18.4. The third-order valence-corrected chi connectivity index (χ3v) is 6.03. The van der Waals surface area contributed by atoms with Gasteiger partial charge in [-0.2, -0.15) is 0 Å². The van der Waals surface area contributed by atoms with Gasteiger partial charge in [0.2, 0.25) is 0 Å².